The third kappa shape index (κ3) is 10.1. The summed E-state index contributed by atoms with van der Waals surface area (Å²) < 4.78 is 18.8. The Morgan fingerprint density at radius 3 is 2.41 bits per heavy atom. The minimum Gasteiger partial charge on any atom is -0.489 e. The lowest BCUT2D eigenvalue weighted by Gasteiger charge is -2.13. The zero-order valence-electron chi connectivity index (χ0n) is 15.1. The van der Waals surface area contributed by atoms with Crippen molar-refractivity contribution in [3.8, 4) is 5.75 Å². The summed E-state index contributed by atoms with van der Waals surface area (Å²) in [6.07, 6.45) is -0.348. The molecule has 2 rings (SSSR count). The maximum atomic E-state index is 12.9. The van der Waals surface area contributed by atoms with Crippen LogP contribution in [0.5, 0.6) is 5.75 Å². The molecule has 1 unspecified atom stereocenters. The maximum absolute atomic E-state index is 12.9. The molecule has 27 heavy (non-hydrogen) atoms. The van der Waals surface area contributed by atoms with E-state index in [2.05, 4.69) is 10.6 Å². The number of aliphatic hydroxyl groups excluding tert-OH is 1. The molecule has 0 radical (unpaired) electrons. The molecule has 0 aliphatic heterocycles. The molecule has 0 aliphatic carbocycles. The van der Waals surface area contributed by atoms with Gasteiger partial charge in [-0.15, -0.1) is 24.8 Å². The van der Waals surface area contributed by atoms with Crippen LogP contribution in [0.25, 0.3) is 0 Å². The smallest absolute Gasteiger partial charge is 0.124 e. The highest BCUT2D eigenvalue weighted by atomic mass is 35.5. The molecule has 0 heterocycles. The Balaban J connectivity index is 0.00000338. The molecule has 2 aromatic carbocycles. The second-order valence-electron chi connectivity index (χ2n) is 5.90. The number of rotatable bonds is 10. The van der Waals surface area contributed by atoms with E-state index in [1.54, 1.807) is 25.1 Å². The van der Waals surface area contributed by atoms with E-state index in [1.165, 1.54) is 12.1 Å². The van der Waals surface area contributed by atoms with Crippen LogP contribution in [0.2, 0.25) is 5.02 Å². The van der Waals surface area contributed by atoms with E-state index < -0.39 is 0 Å². The van der Waals surface area contributed by atoms with Gasteiger partial charge in [-0.25, -0.2) is 4.39 Å². The van der Waals surface area contributed by atoms with Crippen LogP contribution in [0.1, 0.15) is 18.1 Å². The van der Waals surface area contributed by atoms with Crippen molar-refractivity contribution in [2.24, 2.45) is 0 Å². The van der Waals surface area contributed by atoms with Crippen LogP contribution < -0.4 is 15.4 Å². The fraction of sp³-hybridized carbons (Fsp3) is 0.368. The lowest BCUT2D eigenvalue weighted by Crippen LogP contribution is -2.31. The van der Waals surface area contributed by atoms with Crippen LogP contribution in [0.3, 0.4) is 0 Å². The van der Waals surface area contributed by atoms with Crippen molar-refractivity contribution in [2.75, 3.05) is 19.6 Å². The van der Waals surface area contributed by atoms with E-state index in [4.69, 9.17) is 16.3 Å². The molecule has 0 saturated heterocycles. The van der Waals surface area contributed by atoms with Crippen LogP contribution in [-0.4, -0.2) is 30.8 Å². The number of ether oxygens (including phenoxy) is 1. The molecule has 0 saturated carbocycles. The van der Waals surface area contributed by atoms with Gasteiger partial charge in [0.2, 0.25) is 0 Å². The minimum absolute atomic E-state index is 0. The lowest BCUT2D eigenvalue weighted by atomic mass is 10.2. The molecule has 0 aromatic heterocycles. The third-order valence-corrected chi connectivity index (χ3v) is 3.80. The highest BCUT2D eigenvalue weighted by Crippen LogP contribution is 2.24. The van der Waals surface area contributed by atoms with Gasteiger partial charge >= 0.3 is 0 Å². The maximum Gasteiger partial charge on any atom is 0.124 e. The minimum atomic E-state index is -0.348. The Morgan fingerprint density at radius 1 is 1.07 bits per heavy atom. The number of benzene rings is 2. The molecule has 0 spiro atoms. The van der Waals surface area contributed by atoms with E-state index in [1.807, 2.05) is 12.1 Å². The van der Waals surface area contributed by atoms with Gasteiger partial charge in [0.15, 0.2) is 0 Å². The van der Waals surface area contributed by atoms with Crippen molar-refractivity contribution in [1.82, 2.24) is 10.6 Å². The van der Waals surface area contributed by atoms with Crippen molar-refractivity contribution in [1.29, 1.82) is 0 Å². The van der Waals surface area contributed by atoms with Gasteiger partial charge in [0, 0.05) is 36.8 Å². The molecular weight excluding hydrogens is 414 g/mol. The van der Waals surface area contributed by atoms with Gasteiger partial charge in [-0.3, -0.25) is 0 Å². The average molecular weight is 440 g/mol. The molecule has 0 aliphatic rings. The summed E-state index contributed by atoms with van der Waals surface area (Å²) in [5.74, 6) is 0.488. The van der Waals surface area contributed by atoms with Crippen LogP contribution in [0.4, 0.5) is 4.39 Å². The zero-order chi connectivity index (χ0) is 18.1. The van der Waals surface area contributed by atoms with Gasteiger partial charge in [0.05, 0.1) is 6.10 Å². The SMILES string of the molecule is CC(O)CNCCNCc1cc(Cl)ccc1OCc1ccc(F)cc1.Cl.Cl. The molecule has 152 valence electrons. The molecule has 1 atom stereocenters. The van der Waals surface area contributed by atoms with E-state index in [-0.39, 0.29) is 36.7 Å². The van der Waals surface area contributed by atoms with Gasteiger partial charge in [-0.05, 0) is 42.8 Å². The molecule has 0 bridgehead atoms. The van der Waals surface area contributed by atoms with Crippen LogP contribution in [0, 0.1) is 5.82 Å². The number of halogens is 4. The summed E-state index contributed by atoms with van der Waals surface area (Å²) in [5.41, 5.74) is 1.86. The van der Waals surface area contributed by atoms with Gasteiger partial charge < -0.3 is 20.5 Å². The highest BCUT2D eigenvalue weighted by Gasteiger charge is 2.06. The second-order valence-corrected chi connectivity index (χ2v) is 6.33. The van der Waals surface area contributed by atoms with Crippen molar-refractivity contribution >= 4 is 36.4 Å². The summed E-state index contributed by atoms with van der Waals surface area (Å²) in [6, 6.07) is 11.8. The number of nitrogens with one attached hydrogen (secondary N) is 2. The summed E-state index contributed by atoms with van der Waals surface area (Å²) in [6.45, 7) is 4.83. The molecule has 0 fully saturated rings. The third-order valence-electron chi connectivity index (χ3n) is 3.56. The largest absolute Gasteiger partial charge is 0.489 e. The first kappa shape index (κ1) is 25.9. The number of hydrogen-bond donors (Lipinski definition) is 3. The predicted octanol–water partition coefficient (Wildman–Crippen LogP) is 3.96. The van der Waals surface area contributed by atoms with E-state index in [0.717, 1.165) is 30.0 Å². The molecule has 2 aromatic rings. The predicted molar refractivity (Wildman–Crippen MR) is 113 cm³/mol. The Morgan fingerprint density at radius 2 is 1.74 bits per heavy atom. The Kier molecular flexibility index (Phi) is 13.4. The lowest BCUT2D eigenvalue weighted by molar-refractivity contribution is 0.191. The number of hydrogen-bond acceptors (Lipinski definition) is 4. The van der Waals surface area contributed by atoms with Crippen LogP contribution >= 0.6 is 36.4 Å². The summed E-state index contributed by atoms with van der Waals surface area (Å²) in [7, 11) is 0. The fourth-order valence-electron chi connectivity index (χ4n) is 2.28. The quantitative estimate of drug-likeness (QED) is 0.491. The Bertz CT molecular complexity index is 658. The van der Waals surface area contributed by atoms with Gasteiger partial charge in [0.25, 0.3) is 0 Å². The topological polar surface area (TPSA) is 53.5 Å². The molecule has 3 N–H and O–H groups in total. The van der Waals surface area contributed by atoms with Crippen LogP contribution in [-0.2, 0) is 13.2 Å². The molecule has 0 amide bonds. The van der Waals surface area contributed by atoms with E-state index >= 15 is 0 Å². The first-order valence-electron chi connectivity index (χ1n) is 8.30. The van der Waals surface area contributed by atoms with Crippen molar-refractivity contribution in [2.45, 2.75) is 26.2 Å². The Hall–Kier alpha value is -1.08. The fourth-order valence-corrected chi connectivity index (χ4v) is 2.47. The van der Waals surface area contributed by atoms with E-state index in [0.29, 0.717) is 24.7 Å². The van der Waals surface area contributed by atoms with E-state index in [9.17, 15) is 9.50 Å². The van der Waals surface area contributed by atoms with Crippen LogP contribution in [0.15, 0.2) is 42.5 Å². The number of aliphatic hydroxyl groups is 1. The summed E-state index contributed by atoms with van der Waals surface area (Å²) >= 11 is 6.08. The highest BCUT2D eigenvalue weighted by molar-refractivity contribution is 6.30. The Labute approximate surface area is 177 Å². The van der Waals surface area contributed by atoms with Gasteiger partial charge in [-0.1, -0.05) is 23.7 Å². The van der Waals surface area contributed by atoms with Crippen molar-refractivity contribution < 1.29 is 14.2 Å². The molecule has 4 nitrogen and oxygen atoms in total. The van der Waals surface area contributed by atoms with Gasteiger partial charge in [-0.2, -0.15) is 0 Å². The summed E-state index contributed by atoms with van der Waals surface area (Å²) in [4.78, 5) is 0. The average Bonchev–Trinajstić information content (AvgIpc) is 2.58. The molecular formula is C19H26Cl3FN2O2. The van der Waals surface area contributed by atoms with Crippen molar-refractivity contribution in [3.05, 3.63) is 64.4 Å². The van der Waals surface area contributed by atoms with Gasteiger partial charge in [0.1, 0.15) is 18.2 Å². The first-order valence-corrected chi connectivity index (χ1v) is 8.67. The standard InChI is InChI=1S/C19H24ClFN2O2.2ClH/c1-14(24)11-22-8-9-23-12-16-10-17(20)4-7-19(16)25-13-15-2-5-18(21)6-3-15;;/h2-7,10,14,22-24H,8-9,11-13H2,1H3;2*1H. The molecule has 8 heteroatoms. The second kappa shape index (κ2) is 14.0. The van der Waals surface area contributed by atoms with Crippen molar-refractivity contribution in [3.63, 3.8) is 0 Å². The zero-order valence-corrected chi connectivity index (χ0v) is 17.5. The first-order chi connectivity index (χ1) is 12.0. The monoisotopic (exact) mass is 438 g/mol. The summed E-state index contributed by atoms with van der Waals surface area (Å²) in [5, 5.41) is 16.3. The normalized spacial score (nSPS) is 11.3.